The van der Waals surface area contributed by atoms with Gasteiger partial charge in [0.05, 0.1) is 12.1 Å². The Labute approximate surface area is 128 Å². The number of aromatic nitrogens is 2. The summed E-state index contributed by atoms with van der Waals surface area (Å²) in [4.78, 5) is 8.60. The molecule has 0 aliphatic rings. The summed E-state index contributed by atoms with van der Waals surface area (Å²) in [6, 6.07) is 7.10. The van der Waals surface area contributed by atoms with Crippen molar-refractivity contribution in [3.8, 4) is 5.75 Å². The van der Waals surface area contributed by atoms with Crippen LogP contribution in [0.1, 0.15) is 19.2 Å². The highest BCUT2D eigenvalue weighted by molar-refractivity contribution is 6.32. The zero-order valence-corrected chi connectivity index (χ0v) is 12.8. The van der Waals surface area contributed by atoms with Gasteiger partial charge in [-0.25, -0.2) is 9.97 Å². The lowest BCUT2D eigenvalue weighted by Crippen LogP contribution is -2.00. The molecule has 1 aromatic heterocycles. The molecule has 1 heterocycles. The van der Waals surface area contributed by atoms with Gasteiger partial charge in [-0.1, -0.05) is 30.1 Å². The summed E-state index contributed by atoms with van der Waals surface area (Å²) in [5, 5.41) is 4.15. The molecule has 0 spiro atoms. The van der Waals surface area contributed by atoms with Gasteiger partial charge in [0.15, 0.2) is 0 Å². The first kappa shape index (κ1) is 14.9. The smallest absolute Gasteiger partial charge is 0.139 e. The summed E-state index contributed by atoms with van der Waals surface area (Å²) >= 11 is 12.0. The number of rotatable bonds is 5. The average molecular weight is 312 g/mol. The summed E-state index contributed by atoms with van der Waals surface area (Å²) in [6.45, 7) is 2.07. The van der Waals surface area contributed by atoms with Crippen molar-refractivity contribution in [2.24, 2.45) is 0 Å². The zero-order valence-electron chi connectivity index (χ0n) is 11.3. The molecule has 0 bridgehead atoms. The third-order valence-corrected chi connectivity index (χ3v) is 3.14. The number of halogens is 2. The molecule has 2 rings (SSSR count). The van der Waals surface area contributed by atoms with Gasteiger partial charge < -0.3 is 10.1 Å². The second kappa shape index (κ2) is 6.77. The first-order valence-electron chi connectivity index (χ1n) is 6.26. The lowest BCUT2D eigenvalue weighted by atomic mass is 10.3. The van der Waals surface area contributed by atoms with Gasteiger partial charge in [0.25, 0.3) is 0 Å². The van der Waals surface area contributed by atoms with Crippen molar-refractivity contribution < 1.29 is 4.74 Å². The number of hydrogen-bond acceptors (Lipinski definition) is 4. The van der Waals surface area contributed by atoms with Crippen LogP contribution < -0.4 is 10.1 Å². The van der Waals surface area contributed by atoms with E-state index in [-0.39, 0.29) is 0 Å². The number of hydrogen-bond donors (Lipinski definition) is 1. The van der Waals surface area contributed by atoms with Crippen LogP contribution in [-0.2, 0) is 6.42 Å². The van der Waals surface area contributed by atoms with Gasteiger partial charge in [-0.2, -0.15) is 0 Å². The molecule has 0 fully saturated rings. The van der Waals surface area contributed by atoms with Crippen molar-refractivity contribution in [2.75, 3.05) is 12.4 Å². The SMILES string of the molecule is CCCc1nc(Cl)cc(Nc2ccc(Cl)c(OC)c2)n1. The number of anilines is 2. The average Bonchev–Trinajstić information content (AvgIpc) is 2.40. The number of benzene rings is 1. The van der Waals surface area contributed by atoms with Gasteiger partial charge in [0, 0.05) is 24.2 Å². The molecule has 0 aliphatic heterocycles. The third-order valence-electron chi connectivity index (χ3n) is 2.64. The molecule has 2 aromatic rings. The molecular weight excluding hydrogens is 297 g/mol. The normalized spacial score (nSPS) is 10.4. The largest absolute Gasteiger partial charge is 0.495 e. The van der Waals surface area contributed by atoms with Crippen LogP contribution in [0.3, 0.4) is 0 Å². The van der Waals surface area contributed by atoms with E-state index < -0.39 is 0 Å². The Morgan fingerprint density at radius 2 is 2.00 bits per heavy atom. The van der Waals surface area contributed by atoms with Crippen LogP contribution >= 0.6 is 23.2 Å². The highest BCUT2D eigenvalue weighted by atomic mass is 35.5. The first-order valence-corrected chi connectivity index (χ1v) is 7.02. The van der Waals surface area contributed by atoms with Gasteiger partial charge in [-0.05, 0) is 18.6 Å². The number of methoxy groups -OCH3 is 1. The molecule has 0 aliphatic carbocycles. The lowest BCUT2D eigenvalue weighted by molar-refractivity contribution is 0.415. The maximum Gasteiger partial charge on any atom is 0.139 e. The molecule has 0 unspecified atom stereocenters. The number of ether oxygens (including phenoxy) is 1. The second-order valence-electron chi connectivity index (χ2n) is 4.22. The van der Waals surface area contributed by atoms with Crippen LogP contribution in [0, 0.1) is 0 Å². The Morgan fingerprint density at radius 1 is 1.20 bits per heavy atom. The summed E-state index contributed by atoms with van der Waals surface area (Å²) in [7, 11) is 1.58. The number of aryl methyl sites for hydroxylation is 1. The molecule has 1 aromatic carbocycles. The Balaban J connectivity index is 2.25. The number of nitrogens with zero attached hydrogens (tertiary/aromatic N) is 2. The van der Waals surface area contributed by atoms with E-state index in [2.05, 4.69) is 22.2 Å². The Morgan fingerprint density at radius 3 is 2.70 bits per heavy atom. The topological polar surface area (TPSA) is 47.0 Å². The molecular formula is C14H15Cl2N3O. The van der Waals surface area contributed by atoms with E-state index in [0.717, 1.165) is 24.4 Å². The van der Waals surface area contributed by atoms with E-state index >= 15 is 0 Å². The minimum Gasteiger partial charge on any atom is -0.495 e. The van der Waals surface area contributed by atoms with Crippen molar-refractivity contribution in [1.82, 2.24) is 9.97 Å². The van der Waals surface area contributed by atoms with Crippen LogP contribution in [0.25, 0.3) is 0 Å². The summed E-state index contributed by atoms with van der Waals surface area (Å²) in [5.41, 5.74) is 0.823. The van der Waals surface area contributed by atoms with Crippen LogP contribution in [0.4, 0.5) is 11.5 Å². The van der Waals surface area contributed by atoms with Gasteiger partial charge in [-0.15, -0.1) is 0 Å². The van der Waals surface area contributed by atoms with Crippen molar-refractivity contribution in [1.29, 1.82) is 0 Å². The first-order chi connectivity index (χ1) is 9.62. The molecule has 0 saturated heterocycles. The fraction of sp³-hybridized carbons (Fsp3) is 0.286. The van der Waals surface area contributed by atoms with Crippen molar-refractivity contribution in [3.05, 3.63) is 40.3 Å². The molecule has 106 valence electrons. The minimum atomic E-state index is 0.423. The van der Waals surface area contributed by atoms with E-state index in [9.17, 15) is 0 Å². The number of nitrogens with one attached hydrogen (secondary N) is 1. The van der Waals surface area contributed by atoms with Gasteiger partial charge in [0.1, 0.15) is 22.5 Å². The standard InChI is InChI=1S/C14H15Cl2N3O/c1-3-4-13-18-12(16)8-14(19-13)17-9-5-6-10(15)11(7-9)20-2/h5-8H,3-4H2,1-2H3,(H,17,18,19). The Hall–Kier alpha value is -1.52. The van der Waals surface area contributed by atoms with Crippen LogP contribution in [0.5, 0.6) is 5.75 Å². The van der Waals surface area contributed by atoms with Gasteiger partial charge in [-0.3, -0.25) is 0 Å². The maximum absolute atomic E-state index is 6.00. The fourth-order valence-corrected chi connectivity index (χ4v) is 2.15. The van der Waals surface area contributed by atoms with Crippen molar-refractivity contribution in [3.63, 3.8) is 0 Å². The van der Waals surface area contributed by atoms with E-state index in [1.165, 1.54) is 0 Å². The molecule has 4 nitrogen and oxygen atoms in total. The predicted octanol–water partition coefficient (Wildman–Crippen LogP) is 4.49. The van der Waals surface area contributed by atoms with Crippen LogP contribution in [0.15, 0.2) is 24.3 Å². The maximum atomic E-state index is 6.00. The lowest BCUT2D eigenvalue weighted by Gasteiger charge is -2.10. The van der Waals surface area contributed by atoms with Gasteiger partial charge >= 0.3 is 0 Å². The van der Waals surface area contributed by atoms with Crippen molar-refractivity contribution >= 4 is 34.7 Å². The summed E-state index contributed by atoms with van der Waals surface area (Å²) < 4.78 is 5.18. The Kier molecular flexibility index (Phi) is 5.04. The van der Waals surface area contributed by atoms with E-state index in [0.29, 0.717) is 21.7 Å². The quantitative estimate of drug-likeness (QED) is 0.826. The molecule has 0 radical (unpaired) electrons. The van der Waals surface area contributed by atoms with E-state index in [1.807, 2.05) is 6.07 Å². The van der Waals surface area contributed by atoms with Gasteiger partial charge in [0.2, 0.25) is 0 Å². The second-order valence-corrected chi connectivity index (χ2v) is 5.01. The van der Waals surface area contributed by atoms with Crippen LogP contribution in [-0.4, -0.2) is 17.1 Å². The van der Waals surface area contributed by atoms with Crippen LogP contribution in [0.2, 0.25) is 10.2 Å². The summed E-state index contributed by atoms with van der Waals surface area (Å²) in [6.07, 6.45) is 1.76. The Bertz CT molecular complexity index is 605. The molecule has 1 N–H and O–H groups in total. The van der Waals surface area contributed by atoms with Crippen molar-refractivity contribution in [2.45, 2.75) is 19.8 Å². The highest BCUT2D eigenvalue weighted by Gasteiger charge is 2.06. The summed E-state index contributed by atoms with van der Waals surface area (Å²) in [5.74, 6) is 1.98. The third kappa shape index (κ3) is 3.74. The monoisotopic (exact) mass is 311 g/mol. The highest BCUT2D eigenvalue weighted by Crippen LogP contribution is 2.29. The molecule has 20 heavy (non-hydrogen) atoms. The predicted molar refractivity (Wildman–Crippen MR) is 82.3 cm³/mol. The molecule has 0 amide bonds. The van der Waals surface area contributed by atoms with E-state index in [1.54, 1.807) is 25.3 Å². The molecule has 0 saturated carbocycles. The fourth-order valence-electron chi connectivity index (χ4n) is 1.75. The minimum absolute atomic E-state index is 0.423. The van der Waals surface area contributed by atoms with E-state index in [4.69, 9.17) is 27.9 Å². The molecule has 6 heteroatoms. The molecule has 0 atom stereocenters. The zero-order chi connectivity index (χ0) is 14.5.